The fourth-order valence-corrected chi connectivity index (χ4v) is 2.41. The van der Waals surface area contributed by atoms with Gasteiger partial charge in [-0.15, -0.1) is 11.8 Å². The molecular formula is C14H15NO2S. The van der Waals surface area contributed by atoms with Crippen molar-refractivity contribution in [1.29, 1.82) is 0 Å². The van der Waals surface area contributed by atoms with Crippen LogP contribution in [0.15, 0.2) is 52.0 Å². The third-order valence-corrected chi connectivity index (χ3v) is 3.39. The van der Waals surface area contributed by atoms with Crippen molar-refractivity contribution in [2.24, 2.45) is 0 Å². The van der Waals surface area contributed by atoms with E-state index in [2.05, 4.69) is 12.2 Å². The summed E-state index contributed by atoms with van der Waals surface area (Å²) in [7, 11) is 0. The maximum Gasteiger partial charge on any atom is 0.252 e. The van der Waals surface area contributed by atoms with Gasteiger partial charge in [-0.3, -0.25) is 4.79 Å². The standard InChI is InChI=1S/C14H15NO2S/c1-2-18-13-8-4-3-7-12(13)14(16)15-10-11-6-5-9-17-11/h3-9H,2,10H2,1H3,(H,15,16). The van der Waals surface area contributed by atoms with Gasteiger partial charge in [0.25, 0.3) is 5.91 Å². The minimum atomic E-state index is -0.0667. The van der Waals surface area contributed by atoms with Crippen molar-refractivity contribution >= 4 is 17.7 Å². The van der Waals surface area contributed by atoms with Crippen LogP contribution in [-0.4, -0.2) is 11.7 Å². The van der Waals surface area contributed by atoms with Crippen molar-refractivity contribution in [2.75, 3.05) is 5.75 Å². The Kier molecular flexibility index (Phi) is 4.47. The van der Waals surface area contributed by atoms with Crippen LogP contribution in [0.5, 0.6) is 0 Å². The molecule has 1 heterocycles. The maximum absolute atomic E-state index is 12.1. The number of furan rings is 1. The van der Waals surface area contributed by atoms with Crippen molar-refractivity contribution in [3.8, 4) is 0 Å². The number of carbonyl (C=O) groups is 1. The van der Waals surface area contributed by atoms with Crippen LogP contribution in [0.4, 0.5) is 0 Å². The Balaban J connectivity index is 2.04. The smallest absolute Gasteiger partial charge is 0.252 e. The number of benzene rings is 1. The molecule has 2 rings (SSSR count). The van der Waals surface area contributed by atoms with E-state index < -0.39 is 0 Å². The number of thioether (sulfide) groups is 1. The highest BCUT2D eigenvalue weighted by Crippen LogP contribution is 2.22. The van der Waals surface area contributed by atoms with Crippen LogP contribution in [0.2, 0.25) is 0 Å². The first-order valence-electron chi connectivity index (χ1n) is 5.83. The number of nitrogens with one attached hydrogen (secondary N) is 1. The maximum atomic E-state index is 12.1. The second-order valence-corrected chi connectivity index (χ2v) is 5.00. The number of hydrogen-bond acceptors (Lipinski definition) is 3. The predicted octanol–water partition coefficient (Wildman–Crippen LogP) is 3.32. The molecule has 2 aromatic rings. The van der Waals surface area contributed by atoms with E-state index in [1.165, 1.54) is 0 Å². The van der Waals surface area contributed by atoms with E-state index in [4.69, 9.17) is 4.42 Å². The van der Waals surface area contributed by atoms with Crippen molar-refractivity contribution < 1.29 is 9.21 Å². The normalized spacial score (nSPS) is 10.3. The van der Waals surface area contributed by atoms with Crippen LogP contribution < -0.4 is 5.32 Å². The highest BCUT2D eigenvalue weighted by atomic mass is 32.2. The van der Waals surface area contributed by atoms with E-state index in [0.29, 0.717) is 6.54 Å². The fraction of sp³-hybridized carbons (Fsp3) is 0.214. The van der Waals surface area contributed by atoms with E-state index in [1.54, 1.807) is 18.0 Å². The average Bonchev–Trinajstić information content (AvgIpc) is 2.90. The van der Waals surface area contributed by atoms with E-state index in [0.717, 1.165) is 22.0 Å². The van der Waals surface area contributed by atoms with Gasteiger partial charge in [-0.05, 0) is 30.0 Å². The third kappa shape index (κ3) is 3.17. The van der Waals surface area contributed by atoms with Crippen LogP contribution in [0, 0.1) is 0 Å². The molecule has 0 saturated heterocycles. The minimum Gasteiger partial charge on any atom is -0.467 e. The van der Waals surface area contributed by atoms with E-state index in [-0.39, 0.29) is 5.91 Å². The molecule has 0 bridgehead atoms. The highest BCUT2D eigenvalue weighted by molar-refractivity contribution is 7.99. The summed E-state index contributed by atoms with van der Waals surface area (Å²) in [5, 5.41) is 2.85. The number of amides is 1. The van der Waals surface area contributed by atoms with Crippen LogP contribution in [-0.2, 0) is 6.54 Å². The van der Waals surface area contributed by atoms with Crippen molar-refractivity contribution in [2.45, 2.75) is 18.4 Å². The largest absolute Gasteiger partial charge is 0.467 e. The molecule has 0 saturated carbocycles. The summed E-state index contributed by atoms with van der Waals surface area (Å²) in [4.78, 5) is 13.1. The summed E-state index contributed by atoms with van der Waals surface area (Å²) in [5.41, 5.74) is 0.718. The Bertz CT molecular complexity index is 508. The van der Waals surface area contributed by atoms with Crippen LogP contribution in [0.1, 0.15) is 23.0 Å². The molecule has 0 aliphatic rings. The van der Waals surface area contributed by atoms with Gasteiger partial charge < -0.3 is 9.73 Å². The highest BCUT2D eigenvalue weighted by Gasteiger charge is 2.10. The molecule has 0 atom stereocenters. The molecule has 0 spiro atoms. The lowest BCUT2D eigenvalue weighted by molar-refractivity contribution is 0.0945. The molecule has 0 aliphatic heterocycles. The molecule has 1 aromatic heterocycles. The van der Waals surface area contributed by atoms with Gasteiger partial charge in [0, 0.05) is 4.90 Å². The number of carbonyl (C=O) groups excluding carboxylic acids is 1. The molecule has 4 heteroatoms. The monoisotopic (exact) mass is 261 g/mol. The Morgan fingerprint density at radius 2 is 2.11 bits per heavy atom. The molecule has 1 N–H and O–H groups in total. The molecule has 0 aliphatic carbocycles. The summed E-state index contributed by atoms with van der Waals surface area (Å²) in [5.74, 6) is 1.63. The summed E-state index contributed by atoms with van der Waals surface area (Å²) in [6.07, 6.45) is 1.60. The van der Waals surface area contributed by atoms with Gasteiger partial charge >= 0.3 is 0 Å². The Hall–Kier alpha value is -1.68. The van der Waals surface area contributed by atoms with Crippen LogP contribution in [0.25, 0.3) is 0 Å². The first kappa shape index (κ1) is 12.8. The SMILES string of the molecule is CCSc1ccccc1C(=O)NCc1ccco1. The van der Waals surface area contributed by atoms with Crippen molar-refractivity contribution in [3.63, 3.8) is 0 Å². The fourth-order valence-electron chi connectivity index (χ4n) is 1.61. The first-order valence-corrected chi connectivity index (χ1v) is 6.82. The van der Waals surface area contributed by atoms with Gasteiger partial charge in [0.1, 0.15) is 5.76 Å². The molecule has 0 fully saturated rings. The summed E-state index contributed by atoms with van der Waals surface area (Å²) >= 11 is 1.67. The zero-order valence-corrected chi connectivity index (χ0v) is 11.0. The number of rotatable bonds is 5. The van der Waals surface area contributed by atoms with Crippen LogP contribution in [0.3, 0.4) is 0 Å². The van der Waals surface area contributed by atoms with Gasteiger partial charge in [0.2, 0.25) is 0 Å². The Morgan fingerprint density at radius 3 is 2.83 bits per heavy atom. The molecule has 18 heavy (non-hydrogen) atoms. The lowest BCUT2D eigenvalue weighted by Crippen LogP contribution is -2.23. The summed E-state index contributed by atoms with van der Waals surface area (Å²) in [6, 6.07) is 11.3. The third-order valence-electron chi connectivity index (χ3n) is 2.43. The van der Waals surface area contributed by atoms with Crippen molar-refractivity contribution in [1.82, 2.24) is 5.32 Å². The van der Waals surface area contributed by atoms with E-state index in [9.17, 15) is 4.79 Å². The van der Waals surface area contributed by atoms with Crippen molar-refractivity contribution in [3.05, 3.63) is 54.0 Å². The topological polar surface area (TPSA) is 42.2 Å². The second kappa shape index (κ2) is 6.31. The van der Waals surface area contributed by atoms with Crippen LogP contribution >= 0.6 is 11.8 Å². The van der Waals surface area contributed by atoms with Gasteiger partial charge in [-0.25, -0.2) is 0 Å². The average molecular weight is 261 g/mol. The molecule has 1 aromatic carbocycles. The second-order valence-electron chi connectivity index (χ2n) is 3.69. The zero-order chi connectivity index (χ0) is 12.8. The predicted molar refractivity (Wildman–Crippen MR) is 72.7 cm³/mol. The lowest BCUT2D eigenvalue weighted by atomic mass is 10.2. The molecular weight excluding hydrogens is 246 g/mol. The summed E-state index contributed by atoms with van der Waals surface area (Å²) in [6.45, 7) is 2.49. The summed E-state index contributed by atoms with van der Waals surface area (Å²) < 4.78 is 5.18. The zero-order valence-electron chi connectivity index (χ0n) is 10.2. The van der Waals surface area contributed by atoms with Gasteiger partial charge in [-0.2, -0.15) is 0 Å². The van der Waals surface area contributed by atoms with Gasteiger partial charge in [0.15, 0.2) is 0 Å². The molecule has 94 valence electrons. The van der Waals surface area contributed by atoms with Gasteiger partial charge in [-0.1, -0.05) is 19.1 Å². The van der Waals surface area contributed by atoms with Gasteiger partial charge in [0.05, 0.1) is 18.4 Å². The quantitative estimate of drug-likeness (QED) is 0.839. The Morgan fingerprint density at radius 1 is 1.28 bits per heavy atom. The molecule has 0 unspecified atom stereocenters. The first-order chi connectivity index (χ1) is 8.81. The van der Waals surface area contributed by atoms with E-state index in [1.807, 2.05) is 36.4 Å². The Labute approximate surface area is 111 Å². The molecule has 3 nitrogen and oxygen atoms in total. The molecule has 0 radical (unpaired) electrons. The lowest BCUT2D eigenvalue weighted by Gasteiger charge is -2.08. The molecule has 1 amide bonds. The van der Waals surface area contributed by atoms with E-state index >= 15 is 0 Å². The minimum absolute atomic E-state index is 0.0667. The number of hydrogen-bond donors (Lipinski definition) is 1.